The average molecular weight is 789 g/mol. The van der Waals surface area contributed by atoms with Crippen LogP contribution in [0.3, 0.4) is 0 Å². The van der Waals surface area contributed by atoms with Crippen molar-refractivity contribution in [2.45, 2.75) is 0 Å². The second kappa shape index (κ2) is 14.8. The smallest absolute Gasteiger partial charge is 0.0553 e. The maximum Gasteiger partial charge on any atom is 0.0553 e. The van der Waals surface area contributed by atoms with Crippen LogP contribution in [0.5, 0.6) is 0 Å². The first-order valence-corrected chi connectivity index (χ1v) is 21.3. The molecule has 0 unspecified atom stereocenters. The molecule has 0 aliphatic heterocycles. The van der Waals surface area contributed by atoms with Crippen LogP contribution in [0.25, 0.3) is 93.2 Å². The van der Waals surface area contributed by atoms with Crippen LogP contribution in [-0.4, -0.2) is 4.57 Å². The van der Waals surface area contributed by atoms with E-state index in [-0.39, 0.29) is 0 Å². The number of hydrogen-bond donors (Lipinski definition) is 0. The molecule has 1 heterocycles. The molecule has 0 spiro atoms. The highest BCUT2D eigenvalue weighted by Gasteiger charge is 2.22. The number of fused-ring (bicyclic) bond motifs is 7. The van der Waals surface area contributed by atoms with Crippen LogP contribution in [-0.2, 0) is 0 Å². The van der Waals surface area contributed by atoms with Crippen LogP contribution in [0.2, 0.25) is 0 Å². The van der Waals surface area contributed by atoms with E-state index in [1.165, 1.54) is 87.5 Å². The zero-order valence-electron chi connectivity index (χ0n) is 34.0. The zero-order chi connectivity index (χ0) is 41.0. The fourth-order valence-electron chi connectivity index (χ4n) is 9.79. The van der Waals surface area contributed by atoms with Gasteiger partial charge < -0.3 is 9.47 Å². The SMILES string of the molecule is c1ccc(-c2ccccc2N(c2ccc(-c3cc4ccccc4c4ccccc34)cc2)c2cccc(-c3c4ccccc4cc4c3c3ccccc3n4-c3ccccc3)c2)cc1. The summed E-state index contributed by atoms with van der Waals surface area (Å²) in [6.45, 7) is 0. The average Bonchev–Trinajstić information content (AvgIpc) is 3.68. The first kappa shape index (κ1) is 35.7. The number of para-hydroxylation sites is 3. The Kier molecular flexibility index (Phi) is 8.53. The van der Waals surface area contributed by atoms with Gasteiger partial charge in [0.2, 0.25) is 0 Å². The largest absolute Gasteiger partial charge is 0.310 e. The number of hydrogen-bond acceptors (Lipinski definition) is 1. The van der Waals surface area contributed by atoms with Gasteiger partial charge in [-0.2, -0.15) is 0 Å². The third-order valence-corrected chi connectivity index (χ3v) is 12.5. The number of nitrogens with zero attached hydrogens (tertiary/aromatic N) is 2. The summed E-state index contributed by atoms with van der Waals surface area (Å²) in [4.78, 5) is 2.43. The van der Waals surface area contributed by atoms with Gasteiger partial charge in [0.05, 0.1) is 16.7 Å². The summed E-state index contributed by atoms with van der Waals surface area (Å²) in [5.41, 5.74) is 14.0. The maximum absolute atomic E-state index is 2.43. The van der Waals surface area contributed by atoms with Gasteiger partial charge in [-0.1, -0.05) is 182 Å². The molecule has 2 heteroatoms. The Hall–Kier alpha value is -8.20. The van der Waals surface area contributed by atoms with E-state index in [9.17, 15) is 0 Å². The Labute approximate surface area is 360 Å². The molecule has 62 heavy (non-hydrogen) atoms. The van der Waals surface area contributed by atoms with Crippen molar-refractivity contribution in [1.82, 2.24) is 4.57 Å². The normalized spacial score (nSPS) is 11.5. The topological polar surface area (TPSA) is 8.17 Å². The molecule has 0 aliphatic rings. The van der Waals surface area contributed by atoms with Gasteiger partial charge in [-0.3, -0.25) is 0 Å². The Bertz CT molecular complexity index is 3620. The van der Waals surface area contributed by atoms with Gasteiger partial charge in [-0.15, -0.1) is 0 Å². The van der Waals surface area contributed by atoms with E-state index in [1.807, 2.05) is 0 Å². The second-order valence-corrected chi connectivity index (χ2v) is 16.1. The van der Waals surface area contributed by atoms with Crippen molar-refractivity contribution < 1.29 is 0 Å². The third-order valence-electron chi connectivity index (χ3n) is 12.5. The molecule has 12 aromatic rings. The quantitative estimate of drug-likeness (QED) is 0.146. The summed E-state index contributed by atoms with van der Waals surface area (Å²) in [7, 11) is 0. The van der Waals surface area contributed by atoms with Gasteiger partial charge in [-0.25, -0.2) is 0 Å². The van der Waals surface area contributed by atoms with E-state index >= 15 is 0 Å². The van der Waals surface area contributed by atoms with E-state index in [0.717, 1.165) is 22.7 Å². The van der Waals surface area contributed by atoms with E-state index in [0.29, 0.717) is 0 Å². The van der Waals surface area contributed by atoms with Gasteiger partial charge in [0.15, 0.2) is 0 Å². The molecular weight excluding hydrogens is 749 g/mol. The molecule has 290 valence electrons. The second-order valence-electron chi connectivity index (χ2n) is 16.1. The lowest BCUT2D eigenvalue weighted by atomic mass is 9.92. The highest BCUT2D eigenvalue weighted by atomic mass is 15.1. The van der Waals surface area contributed by atoms with Gasteiger partial charge in [0.1, 0.15) is 0 Å². The predicted molar refractivity (Wildman–Crippen MR) is 264 cm³/mol. The molecule has 0 radical (unpaired) electrons. The van der Waals surface area contributed by atoms with Gasteiger partial charge in [0.25, 0.3) is 0 Å². The van der Waals surface area contributed by atoms with Crippen molar-refractivity contribution in [1.29, 1.82) is 0 Å². The third kappa shape index (κ3) is 5.88. The molecule has 0 fully saturated rings. The number of anilines is 3. The first-order chi connectivity index (χ1) is 30.8. The van der Waals surface area contributed by atoms with Crippen molar-refractivity contribution in [3.05, 3.63) is 243 Å². The minimum Gasteiger partial charge on any atom is -0.310 e. The summed E-state index contributed by atoms with van der Waals surface area (Å²) in [5.74, 6) is 0. The van der Waals surface area contributed by atoms with Crippen molar-refractivity contribution in [2.24, 2.45) is 0 Å². The lowest BCUT2D eigenvalue weighted by Crippen LogP contribution is -2.11. The minimum absolute atomic E-state index is 1.09. The van der Waals surface area contributed by atoms with Crippen LogP contribution in [0.15, 0.2) is 243 Å². The van der Waals surface area contributed by atoms with E-state index in [4.69, 9.17) is 0 Å². The van der Waals surface area contributed by atoms with Gasteiger partial charge in [0, 0.05) is 33.4 Å². The number of benzene rings is 11. The van der Waals surface area contributed by atoms with E-state index in [1.54, 1.807) is 0 Å². The molecule has 0 bridgehead atoms. The van der Waals surface area contributed by atoms with Gasteiger partial charge >= 0.3 is 0 Å². The monoisotopic (exact) mass is 788 g/mol. The van der Waals surface area contributed by atoms with Crippen LogP contribution >= 0.6 is 0 Å². The minimum atomic E-state index is 1.09. The molecular formula is C60H40N2. The number of aromatic nitrogens is 1. The van der Waals surface area contributed by atoms with Crippen molar-refractivity contribution >= 4 is 71.2 Å². The van der Waals surface area contributed by atoms with Crippen LogP contribution in [0.1, 0.15) is 0 Å². The zero-order valence-corrected chi connectivity index (χ0v) is 34.0. The molecule has 1 aromatic heterocycles. The summed E-state index contributed by atoms with van der Waals surface area (Å²) in [5, 5.41) is 9.99. The molecule has 2 nitrogen and oxygen atoms in total. The van der Waals surface area contributed by atoms with Crippen molar-refractivity contribution in [3.63, 3.8) is 0 Å². The standard InChI is InChI=1S/C60H40N2/c1-3-18-41(19-4-1)50-27-13-15-32-56(50)61(47-36-34-42(35-37-47)55-39-43-20-7-9-26-49(43)52-29-11-12-30-53(52)55)48-25-17-22-45(38-48)59-51-28-10-8-21-44(51)40-58-60(59)54-31-14-16-33-57(54)62(58)46-23-5-2-6-24-46/h1-40H. The van der Waals surface area contributed by atoms with Crippen molar-refractivity contribution in [2.75, 3.05) is 4.90 Å². The lowest BCUT2D eigenvalue weighted by Gasteiger charge is -2.28. The molecule has 0 saturated carbocycles. The Morgan fingerprint density at radius 2 is 0.887 bits per heavy atom. The molecule has 0 saturated heterocycles. The maximum atomic E-state index is 2.43. The molecule has 0 aliphatic carbocycles. The Morgan fingerprint density at radius 3 is 1.68 bits per heavy atom. The first-order valence-electron chi connectivity index (χ1n) is 21.3. The lowest BCUT2D eigenvalue weighted by molar-refractivity contribution is 1.18. The summed E-state index contributed by atoms with van der Waals surface area (Å²) in [6.07, 6.45) is 0. The van der Waals surface area contributed by atoms with Gasteiger partial charge in [-0.05, 0) is 121 Å². The van der Waals surface area contributed by atoms with E-state index < -0.39 is 0 Å². The van der Waals surface area contributed by atoms with E-state index in [2.05, 4.69) is 252 Å². The fraction of sp³-hybridized carbons (Fsp3) is 0. The molecule has 11 aromatic carbocycles. The number of rotatable bonds is 7. The van der Waals surface area contributed by atoms with Crippen LogP contribution in [0.4, 0.5) is 17.1 Å². The Morgan fingerprint density at radius 1 is 0.306 bits per heavy atom. The fourth-order valence-corrected chi connectivity index (χ4v) is 9.79. The highest BCUT2D eigenvalue weighted by Crippen LogP contribution is 2.47. The summed E-state index contributed by atoms with van der Waals surface area (Å²) in [6, 6.07) is 88.5. The molecule has 0 atom stereocenters. The van der Waals surface area contributed by atoms with Crippen molar-refractivity contribution in [3.8, 4) is 39.1 Å². The summed E-state index contributed by atoms with van der Waals surface area (Å²) < 4.78 is 2.42. The Balaban J connectivity index is 1.08. The highest BCUT2D eigenvalue weighted by molar-refractivity contribution is 6.23. The van der Waals surface area contributed by atoms with Crippen LogP contribution in [0, 0.1) is 0 Å². The predicted octanol–water partition coefficient (Wildman–Crippen LogP) is 16.7. The molecule has 12 rings (SSSR count). The molecule has 0 amide bonds. The molecule has 0 N–H and O–H groups in total. The summed E-state index contributed by atoms with van der Waals surface area (Å²) >= 11 is 0. The van der Waals surface area contributed by atoms with Crippen LogP contribution < -0.4 is 4.90 Å².